The number of benzene rings is 2. The zero-order valence-electron chi connectivity index (χ0n) is 15.0. The zero-order valence-corrected chi connectivity index (χ0v) is 15.0. The first-order chi connectivity index (χ1) is 12.5. The minimum atomic E-state index is -0.195. The van der Waals surface area contributed by atoms with Crippen LogP contribution in [0.5, 0.6) is 17.2 Å². The number of rotatable bonds is 6. The average molecular weight is 355 g/mol. The highest BCUT2D eigenvalue weighted by molar-refractivity contribution is 5.94. The van der Waals surface area contributed by atoms with Crippen LogP contribution in [0.1, 0.15) is 41.4 Å². The summed E-state index contributed by atoms with van der Waals surface area (Å²) in [4.78, 5) is 24.0. The summed E-state index contributed by atoms with van der Waals surface area (Å²) in [6, 6.07) is 10.5. The standard InChI is InChI=1S/C20H21NO5/c1-12(14-4-7-18-19(9-14)26-11-25-18)21-20(23)10-16-8-15(13(2)22)5-6-17(16)24-3/h4-9,12H,10-11H2,1-3H3,(H,21,23). The van der Waals surface area contributed by atoms with Gasteiger partial charge in [-0.1, -0.05) is 6.07 Å². The molecule has 0 radical (unpaired) electrons. The summed E-state index contributed by atoms with van der Waals surface area (Å²) in [5.41, 5.74) is 2.15. The molecular weight excluding hydrogens is 334 g/mol. The second-order valence-corrected chi connectivity index (χ2v) is 6.16. The molecule has 3 rings (SSSR count). The molecule has 1 amide bonds. The fourth-order valence-corrected chi connectivity index (χ4v) is 2.87. The molecule has 2 aromatic carbocycles. The van der Waals surface area contributed by atoms with E-state index in [1.165, 1.54) is 6.92 Å². The first-order valence-electron chi connectivity index (χ1n) is 8.34. The van der Waals surface area contributed by atoms with E-state index in [2.05, 4.69) is 5.32 Å². The van der Waals surface area contributed by atoms with E-state index in [-0.39, 0.29) is 30.9 Å². The van der Waals surface area contributed by atoms with Gasteiger partial charge >= 0.3 is 0 Å². The minimum Gasteiger partial charge on any atom is -0.496 e. The van der Waals surface area contributed by atoms with Crippen molar-refractivity contribution >= 4 is 11.7 Å². The second-order valence-electron chi connectivity index (χ2n) is 6.16. The van der Waals surface area contributed by atoms with Gasteiger partial charge in [0.1, 0.15) is 5.75 Å². The fraction of sp³-hybridized carbons (Fsp3) is 0.300. The van der Waals surface area contributed by atoms with Gasteiger partial charge < -0.3 is 19.5 Å². The van der Waals surface area contributed by atoms with E-state index in [1.807, 2.05) is 25.1 Å². The van der Waals surface area contributed by atoms with Gasteiger partial charge in [0.05, 0.1) is 19.6 Å². The molecule has 6 nitrogen and oxygen atoms in total. The van der Waals surface area contributed by atoms with Gasteiger partial charge in [-0.3, -0.25) is 9.59 Å². The molecule has 0 fully saturated rings. The fourth-order valence-electron chi connectivity index (χ4n) is 2.87. The number of hydrogen-bond donors (Lipinski definition) is 1. The van der Waals surface area contributed by atoms with Crippen LogP contribution in [-0.4, -0.2) is 25.6 Å². The van der Waals surface area contributed by atoms with Crippen LogP contribution < -0.4 is 19.5 Å². The molecule has 1 aliphatic rings. The molecule has 1 N–H and O–H groups in total. The van der Waals surface area contributed by atoms with E-state index in [9.17, 15) is 9.59 Å². The minimum absolute atomic E-state index is 0.0527. The Morgan fingerprint density at radius 3 is 2.65 bits per heavy atom. The van der Waals surface area contributed by atoms with Gasteiger partial charge in [-0.25, -0.2) is 0 Å². The molecule has 1 aliphatic heterocycles. The van der Waals surface area contributed by atoms with Gasteiger partial charge in [-0.2, -0.15) is 0 Å². The van der Waals surface area contributed by atoms with Crippen LogP contribution in [0.4, 0.5) is 0 Å². The third-order valence-electron chi connectivity index (χ3n) is 4.31. The number of hydrogen-bond acceptors (Lipinski definition) is 5. The average Bonchev–Trinajstić information content (AvgIpc) is 3.09. The Morgan fingerprint density at radius 2 is 1.92 bits per heavy atom. The van der Waals surface area contributed by atoms with Crippen molar-refractivity contribution in [1.82, 2.24) is 5.32 Å². The van der Waals surface area contributed by atoms with Crippen LogP contribution in [0.2, 0.25) is 0 Å². The first-order valence-corrected chi connectivity index (χ1v) is 8.34. The molecule has 1 unspecified atom stereocenters. The summed E-state index contributed by atoms with van der Waals surface area (Å²) >= 11 is 0. The molecule has 0 aromatic heterocycles. The third kappa shape index (κ3) is 3.79. The van der Waals surface area contributed by atoms with E-state index in [1.54, 1.807) is 25.3 Å². The molecule has 1 atom stereocenters. The van der Waals surface area contributed by atoms with Crippen LogP contribution in [-0.2, 0) is 11.2 Å². The van der Waals surface area contributed by atoms with Crippen LogP contribution >= 0.6 is 0 Å². The molecular formula is C20H21NO5. The number of carbonyl (C=O) groups excluding carboxylic acids is 2. The van der Waals surface area contributed by atoms with Crippen molar-refractivity contribution < 1.29 is 23.8 Å². The van der Waals surface area contributed by atoms with Gasteiger partial charge in [0, 0.05) is 11.1 Å². The predicted octanol–water partition coefficient (Wildman–Crippen LogP) is 3.05. The maximum atomic E-state index is 12.5. The van der Waals surface area contributed by atoms with Gasteiger partial charge in [-0.15, -0.1) is 0 Å². The molecule has 0 bridgehead atoms. The normalized spacial score (nSPS) is 13.2. The second kappa shape index (κ2) is 7.47. The SMILES string of the molecule is COc1ccc(C(C)=O)cc1CC(=O)NC(C)c1ccc2c(c1)OCO2. The van der Waals surface area contributed by atoms with E-state index in [4.69, 9.17) is 14.2 Å². The zero-order chi connectivity index (χ0) is 18.7. The van der Waals surface area contributed by atoms with E-state index < -0.39 is 0 Å². The lowest BCUT2D eigenvalue weighted by molar-refractivity contribution is -0.121. The number of ketones is 1. The lowest BCUT2D eigenvalue weighted by Gasteiger charge is -2.16. The van der Waals surface area contributed by atoms with Crippen molar-refractivity contribution in [3.63, 3.8) is 0 Å². The predicted molar refractivity (Wildman–Crippen MR) is 95.8 cm³/mol. The van der Waals surface area contributed by atoms with Crippen molar-refractivity contribution in [2.45, 2.75) is 26.3 Å². The quantitative estimate of drug-likeness (QED) is 0.806. The van der Waals surface area contributed by atoms with Crippen molar-refractivity contribution in [3.8, 4) is 17.2 Å². The van der Waals surface area contributed by atoms with Gasteiger partial charge in [0.25, 0.3) is 0 Å². The summed E-state index contributed by atoms with van der Waals surface area (Å²) < 4.78 is 16.0. The number of Topliss-reactive ketones (excluding diaryl/α,β-unsaturated/α-hetero) is 1. The molecule has 0 spiro atoms. The van der Waals surface area contributed by atoms with Crippen LogP contribution in [0.3, 0.4) is 0 Å². The summed E-state index contributed by atoms with van der Waals surface area (Å²) in [6.07, 6.45) is 0.124. The lowest BCUT2D eigenvalue weighted by atomic mass is 10.0. The molecule has 0 saturated carbocycles. The summed E-state index contributed by atoms with van der Waals surface area (Å²) in [6.45, 7) is 3.61. The highest BCUT2D eigenvalue weighted by Crippen LogP contribution is 2.34. The Morgan fingerprint density at radius 1 is 1.15 bits per heavy atom. The Kier molecular flexibility index (Phi) is 5.11. The maximum Gasteiger partial charge on any atom is 0.231 e. The number of carbonyl (C=O) groups is 2. The Hall–Kier alpha value is -3.02. The molecule has 1 heterocycles. The molecule has 26 heavy (non-hydrogen) atoms. The number of amides is 1. The number of fused-ring (bicyclic) bond motifs is 1. The van der Waals surface area contributed by atoms with Crippen molar-refractivity contribution in [3.05, 3.63) is 53.1 Å². The summed E-state index contributed by atoms with van der Waals surface area (Å²) in [5, 5.41) is 2.96. The molecule has 2 aromatic rings. The van der Waals surface area contributed by atoms with Gasteiger partial charge in [0.15, 0.2) is 17.3 Å². The van der Waals surface area contributed by atoms with E-state index in [0.29, 0.717) is 28.4 Å². The molecule has 6 heteroatoms. The van der Waals surface area contributed by atoms with Crippen molar-refractivity contribution in [1.29, 1.82) is 0 Å². The Bertz CT molecular complexity index is 846. The lowest BCUT2D eigenvalue weighted by Crippen LogP contribution is -2.28. The summed E-state index contributed by atoms with van der Waals surface area (Å²) in [5.74, 6) is 1.76. The maximum absolute atomic E-state index is 12.5. The smallest absolute Gasteiger partial charge is 0.231 e. The first kappa shape index (κ1) is 17.8. The van der Waals surface area contributed by atoms with Crippen molar-refractivity contribution in [2.75, 3.05) is 13.9 Å². The monoisotopic (exact) mass is 355 g/mol. The van der Waals surface area contributed by atoms with Crippen LogP contribution in [0.25, 0.3) is 0 Å². The highest BCUT2D eigenvalue weighted by Gasteiger charge is 2.18. The molecule has 136 valence electrons. The number of nitrogens with one attached hydrogen (secondary N) is 1. The number of ether oxygens (including phenoxy) is 3. The van der Waals surface area contributed by atoms with Crippen LogP contribution in [0, 0.1) is 0 Å². The van der Waals surface area contributed by atoms with Crippen molar-refractivity contribution in [2.24, 2.45) is 0 Å². The largest absolute Gasteiger partial charge is 0.496 e. The van der Waals surface area contributed by atoms with E-state index >= 15 is 0 Å². The highest BCUT2D eigenvalue weighted by atomic mass is 16.7. The van der Waals surface area contributed by atoms with Gasteiger partial charge in [-0.05, 0) is 49.7 Å². The number of methoxy groups -OCH3 is 1. The molecule has 0 aliphatic carbocycles. The van der Waals surface area contributed by atoms with Gasteiger partial charge in [0.2, 0.25) is 12.7 Å². The topological polar surface area (TPSA) is 73.9 Å². The van der Waals surface area contributed by atoms with E-state index in [0.717, 1.165) is 5.56 Å². The Balaban J connectivity index is 1.70. The molecule has 0 saturated heterocycles. The van der Waals surface area contributed by atoms with Crippen LogP contribution in [0.15, 0.2) is 36.4 Å². The summed E-state index contributed by atoms with van der Waals surface area (Å²) in [7, 11) is 1.54. The third-order valence-corrected chi connectivity index (χ3v) is 4.31. The Labute approximate surface area is 152 Å².